The molecular formula is C22H27N3O4. The number of piperazine rings is 1. The largest absolute Gasteiger partial charge is 0.497 e. The van der Waals surface area contributed by atoms with Gasteiger partial charge in [-0.2, -0.15) is 0 Å². The van der Waals surface area contributed by atoms with Crippen molar-refractivity contribution in [2.45, 2.75) is 6.54 Å². The number of ether oxygens (including phenoxy) is 2. The van der Waals surface area contributed by atoms with Gasteiger partial charge in [-0.3, -0.25) is 14.5 Å². The lowest BCUT2D eigenvalue weighted by Crippen LogP contribution is -2.51. The number of hydrogen-bond donors (Lipinski definition) is 1. The zero-order valence-corrected chi connectivity index (χ0v) is 16.9. The lowest BCUT2D eigenvalue weighted by molar-refractivity contribution is -0.122. The quantitative estimate of drug-likeness (QED) is 0.771. The Morgan fingerprint density at radius 2 is 1.69 bits per heavy atom. The zero-order chi connectivity index (χ0) is 20.6. The number of nitrogens with zero attached hydrogens (tertiary/aromatic N) is 2. The summed E-state index contributed by atoms with van der Waals surface area (Å²) in [7, 11) is 3.11. The second kappa shape index (κ2) is 9.93. The molecule has 29 heavy (non-hydrogen) atoms. The number of nitrogens with one attached hydrogen (secondary N) is 1. The van der Waals surface area contributed by atoms with Gasteiger partial charge in [0.1, 0.15) is 11.5 Å². The van der Waals surface area contributed by atoms with Gasteiger partial charge in [0, 0.05) is 38.8 Å². The van der Waals surface area contributed by atoms with Crippen LogP contribution in [0.2, 0.25) is 0 Å². The van der Waals surface area contributed by atoms with E-state index in [1.807, 2.05) is 30.3 Å². The van der Waals surface area contributed by atoms with Gasteiger partial charge >= 0.3 is 0 Å². The van der Waals surface area contributed by atoms with Crippen molar-refractivity contribution in [2.24, 2.45) is 0 Å². The molecule has 1 N–H and O–H groups in total. The maximum atomic E-state index is 12.9. The summed E-state index contributed by atoms with van der Waals surface area (Å²) in [5.74, 6) is 1.06. The molecule has 1 fully saturated rings. The van der Waals surface area contributed by atoms with Crippen LogP contribution >= 0.6 is 0 Å². The normalized spacial score (nSPS) is 14.3. The molecule has 154 valence electrons. The molecule has 7 nitrogen and oxygen atoms in total. The van der Waals surface area contributed by atoms with Gasteiger partial charge in [0.15, 0.2) is 0 Å². The molecule has 0 atom stereocenters. The van der Waals surface area contributed by atoms with Crippen molar-refractivity contribution in [2.75, 3.05) is 46.9 Å². The van der Waals surface area contributed by atoms with Crippen molar-refractivity contribution < 1.29 is 19.1 Å². The molecule has 0 radical (unpaired) electrons. The van der Waals surface area contributed by atoms with Crippen LogP contribution < -0.4 is 14.8 Å². The molecule has 0 aliphatic carbocycles. The first kappa shape index (κ1) is 20.7. The molecular weight excluding hydrogens is 370 g/mol. The van der Waals surface area contributed by atoms with Gasteiger partial charge in [-0.15, -0.1) is 0 Å². The number of rotatable bonds is 7. The van der Waals surface area contributed by atoms with Crippen molar-refractivity contribution in [1.82, 2.24) is 15.1 Å². The fourth-order valence-corrected chi connectivity index (χ4v) is 3.31. The van der Waals surface area contributed by atoms with Gasteiger partial charge in [0.05, 0.1) is 26.3 Å². The van der Waals surface area contributed by atoms with Crippen molar-refractivity contribution in [1.29, 1.82) is 0 Å². The Balaban J connectivity index is 1.48. The van der Waals surface area contributed by atoms with Gasteiger partial charge in [-0.1, -0.05) is 30.3 Å². The second-order valence-electron chi connectivity index (χ2n) is 6.90. The third-order valence-electron chi connectivity index (χ3n) is 5.00. The van der Waals surface area contributed by atoms with E-state index in [1.165, 1.54) is 7.11 Å². The molecule has 3 rings (SSSR count). The summed E-state index contributed by atoms with van der Waals surface area (Å²) < 4.78 is 10.5. The molecule has 2 aromatic carbocycles. The van der Waals surface area contributed by atoms with E-state index in [4.69, 9.17) is 9.47 Å². The number of carbonyl (C=O) groups is 2. The van der Waals surface area contributed by atoms with Crippen LogP contribution in [0.5, 0.6) is 11.5 Å². The second-order valence-corrected chi connectivity index (χ2v) is 6.90. The predicted octanol–water partition coefficient (Wildman–Crippen LogP) is 1.78. The topological polar surface area (TPSA) is 71.1 Å². The molecule has 0 aromatic heterocycles. The third-order valence-corrected chi connectivity index (χ3v) is 5.00. The number of methoxy groups -OCH3 is 2. The highest BCUT2D eigenvalue weighted by molar-refractivity contribution is 5.97. The summed E-state index contributed by atoms with van der Waals surface area (Å²) in [5, 5.41) is 2.94. The minimum Gasteiger partial charge on any atom is -0.497 e. The van der Waals surface area contributed by atoms with E-state index < -0.39 is 0 Å². The van der Waals surface area contributed by atoms with Crippen LogP contribution in [0.3, 0.4) is 0 Å². The number of carbonyl (C=O) groups excluding carboxylic acids is 2. The fraction of sp³-hybridized carbons (Fsp3) is 0.364. The van der Waals surface area contributed by atoms with E-state index in [-0.39, 0.29) is 11.8 Å². The lowest BCUT2D eigenvalue weighted by Gasteiger charge is -2.34. The highest BCUT2D eigenvalue weighted by atomic mass is 16.5. The maximum absolute atomic E-state index is 12.9. The van der Waals surface area contributed by atoms with Crippen LogP contribution in [0, 0.1) is 0 Å². The minimum atomic E-state index is -0.0716. The Morgan fingerprint density at radius 1 is 0.966 bits per heavy atom. The molecule has 0 unspecified atom stereocenters. The van der Waals surface area contributed by atoms with E-state index in [0.717, 1.165) is 5.56 Å². The Morgan fingerprint density at radius 3 is 2.34 bits per heavy atom. The molecule has 2 amide bonds. The van der Waals surface area contributed by atoms with Crippen LogP contribution in [0.1, 0.15) is 15.9 Å². The van der Waals surface area contributed by atoms with Gasteiger partial charge < -0.3 is 19.7 Å². The van der Waals surface area contributed by atoms with Crippen LogP contribution in [0.4, 0.5) is 0 Å². The first-order valence-corrected chi connectivity index (χ1v) is 9.65. The maximum Gasteiger partial charge on any atom is 0.257 e. The molecule has 0 spiro atoms. The molecule has 1 saturated heterocycles. The van der Waals surface area contributed by atoms with E-state index in [2.05, 4.69) is 10.2 Å². The van der Waals surface area contributed by atoms with Crippen LogP contribution in [0.15, 0.2) is 48.5 Å². The van der Waals surface area contributed by atoms with Gasteiger partial charge in [-0.05, 0) is 17.7 Å². The van der Waals surface area contributed by atoms with Crippen LogP contribution in [0.25, 0.3) is 0 Å². The average Bonchev–Trinajstić information content (AvgIpc) is 2.78. The van der Waals surface area contributed by atoms with Crippen molar-refractivity contribution in [3.8, 4) is 11.5 Å². The minimum absolute atomic E-state index is 0.00884. The Bertz CT molecular complexity index is 833. The first-order chi connectivity index (χ1) is 14.1. The third kappa shape index (κ3) is 5.48. The highest BCUT2D eigenvalue weighted by Crippen LogP contribution is 2.26. The Kier molecular flexibility index (Phi) is 7.08. The van der Waals surface area contributed by atoms with Crippen molar-refractivity contribution >= 4 is 11.8 Å². The summed E-state index contributed by atoms with van der Waals surface area (Å²) in [5.41, 5.74) is 1.59. The summed E-state index contributed by atoms with van der Waals surface area (Å²) in [4.78, 5) is 28.9. The summed E-state index contributed by atoms with van der Waals surface area (Å²) in [6, 6.07) is 15.0. The first-order valence-electron chi connectivity index (χ1n) is 9.65. The van der Waals surface area contributed by atoms with Crippen LogP contribution in [-0.4, -0.2) is 68.6 Å². The van der Waals surface area contributed by atoms with E-state index >= 15 is 0 Å². The highest BCUT2D eigenvalue weighted by Gasteiger charge is 2.25. The lowest BCUT2D eigenvalue weighted by atomic mass is 10.1. The summed E-state index contributed by atoms with van der Waals surface area (Å²) in [6.45, 7) is 3.31. The average molecular weight is 397 g/mol. The number of amides is 2. The predicted molar refractivity (Wildman–Crippen MR) is 110 cm³/mol. The SMILES string of the molecule is COc1ccc(C(=O)N2CCN(CC(=O)NCc3ccccc3)CC2)c(OC)c1. The molecule has 0 saturated carbocycles. The Labute approximate surface area is 171 Å². The molecule has 1 heterocycles. The van der Waals surface area contributed by atoms with Crippen molar-refractivity contribution in [3.63, 3.8) is 0 Å². The van der Waals surface area contributed by atoms with Gasteiger partial charge in [0.2, 0.25) is 5.91 Å². The molecule has 0 bridgehead atoms. The molecule has 1 aliphatic rings. The van der Waals surface area contributed by atoms with E-state index in [0.29, 0.717) is 56.3 Å². The van der Waals surface area contributed by atoms with Crippen molar-refractivity contribution in [3.05, 3.63) is 59.7 Å². The number of benzene rings is 2. The summed E-state index contributed by atoms with van der Waals surface area (Å²) in [6.07, 6.45) is 0. The van der Waals surface area contributed by atoms with Gasteiger partial charge in [0.25, 0.3) is 5.91 Å². The van der Waals surface area contributed by atoms with Crippen LogP contribution in [-0.2, 0) is 11.3 Å². The van der Waals surface area contributed by atoms with E-state index in [1.54, 1.807) is 30.2 Å². The Hall–Kier alpha value is -3.06. The molecule has 2 aromatic rings. The standard InChI is InChI=1S/C22H27N3O4/c1-28-18-8-9-19(20(14-18)29-2)22(27)25-12-10-24(11-13-25)16-21(26)23-15-17-6-4-3-5-7-17/h3-9,14H,10-13,15-16H2,1-2H3,(H,23,26). The van der Waals surface area contributed by atoms with Gasteiger partial charge in [-0.25, -0.2) is 0 Å². The fourth-order valence-electron chi connectivity index (χ4n) is 3.31. The molecule has 7 heteroatoms. The summed E-state index contributed by atoms with van der Waals surface area (Å²) >= 11 is 0. The zero-order valence-electron chi connectivity index (χ0n) is 16.9. The molecule has 1 aliphatic heterocycles. The smallest absolute Gasteiger partial charge is 0.257 e. The monoisotopic (exact) mass is 397 g/mol. The van der Waals surface area contributed by atoms with E-state index in [9.17, 15) is 9.59 Å². The number of hydrogen-bond acceptors (Lipinski definition) is 5.